The number of rotatable bonds is 6. The van der Waals surface area contributed by atoms with E-state index in [9.17, 15) is 0 Å². The van der Waals surface area contributed by atoms with Gasteiger partial charge in [0.05, 0.1) is 11.6 Å². The number of aromatic nitrogens is 1. The molecule has 0 spiro atoms. The number of hydrogen-bond donors (Lipinski definition) is 1. The highest BCUT2D eigenvalue weighted by molar-refractivity contribution is 5.31. The number of benzene rings is 1. The summed E-state index contributed by atoms with van der Waals surface area (Å²) in [5, 5.41) is 12.3. The SMILES string of the molecule is CCNC(CC)c1ccn(Cc2ccc(C#N)cc2)c1. The van der Waals surface area contributed by atoms with Crippen LogP contribution in [-0.4, -0.2) is 11.1 Å². The zero-order valence-corrected chi connectivity index (χ0v) is 12.1. The molecule has 1 aromatic heterocycles. The van der Waals surface area contributed by atoms with Crippen molar-refractivity contribution in [2.75, 3.05) is 6.54 Å². The molecule has 1 atom stereocenters. The first kappa shape index (κ1) is 14.4. The maximum absolute atomic E-state index is 8.80. The largest absolute Gasteiger partial charge is 0.350 e. The van der Waals surface area contributed by atoms with Crippen LogP contribution in [0.1, 0.15) is 43.0 Å². The predicted octanol–water partition coefficient (Wildman–Crippen LogP) is 3.47. The molecule has 1 aromatic carbocycles. The second kappa shape index (κ2) is 6.93. The maximum atomic E-state index is 8.80. The number of nitrogens with zero attached hydrogens (tertiary/aromatic N) is 2. The fraction of sp³-hybridized carbons (Fsp3) is 0.353. The number of hydrogen-bond acceptors (Lipinski definition) is 2. The van der Waals surface area contributed by atoms with Crippen LogP contribution in [0.4, 0.5) is 0 Å². The minimum absolute atomic E-state index is 0.433. The highest BCUT2D eigenvalue weighted by Crippen LogP contribution is 2.17. The molecule has 0 amide bonds. The average molecular weight is 267 g/mol. The van der Waals surface area contributed by atoms with E-state index in [1.54, 1.807) is 0 Å². The first-order chi connectivity index (χ1) is 9.76. The summed E-state index contributed by atoms with van der Waals surface area (Å²) >= 11 is 0. The standard InChI is InChI=1S/C17H21N3/c1-3-17(19-4-2)16-9-10-20(13-16)12-15-7-5-14(11-18)6-8-15/h5-10,13,17,19H,3-4,12H2,1-2H3. The summed E-state index contributed by atoms with van der Waals surface area (Å²) in [6, 6.07) is 12.5. The Balaban J connectivity index is 2.06. The molecule has 20 heavy (non-hydrogen) atoms. The van der Waals surface area contributed by atoms with Crippen molar-refractivity contribution in [1.82, 2.24) is 9.88 Å². The van der Waals surface area contributed by atoms with Gasteiger partial charge in [0.25, 0.3) is 0 Å². The Kier molecular flexibility index (Phi) is 4.97. The fourth-order valence-corrected chi connectivity index (χ4v) is 2.40. The maximum Gasteiger partial charge on any atom is 0.0991 e. The Morgan fingerprint density at radius 1 is 1.20 bits per heavy atom. The third kappa shape index (κ3) is 3.49. The van der Waals surface area contributed by atoms with Gasteiger partial charge in [-0.1, -0.05) is 26.0 Å². The normalized spacial score (nSPS) is 12.1. The summed E-state index contributed by atoms with van der Waals surface area (Å²) in [5.41, 5.74) is 3.26. The molecule has 104 valence electrons. The summed E-state index contributed by atoms with van der Waals surface area (Å²) in [6.07, 6.45) is 5.41. The van der Waals surface area contributed by atoms with Gasteiger partial charge in [-0.2, -0.15) is 5.26 Å². The van der Waals surface area contributed by atoms with Gasteiger partial charge >= 0.3 is 0 Å². The second-order valence-corrected chi connectivity index (χ2v) is 4.94. The van der Waals surface area contributed by atoms with E-state index in [0.717, 1.165) is 19.5 Å². The van der Waals surface area contributed by atoms with Gasteiger partial charge in [-0.3, -0.25) is 0 Å². The molecule has 1 N–H and O–H groups in total. The van der Waals surface area contributed by atoms with E-state index in [1.807, 2.05) is 24.3 Å². The van der Waals surface area contributed by atoms with Crippen molar-refractivity contribution >= 4 is 0 Å². The Bertz CT molecular complexity index is 575. The molecule has 3 heteroatoms. The highest BCUT2D eigenvalue weighted by atomic mass is 15.0. The summed E-state index contributed by atoms with van der Waals surface area (Å²) < 4.78 is 2.19. The van der Waals surface area contributed by atoms with Crippen molar-refractivity contribution in [2.45, 2.75) is 32.9 Å². The average Bonchev–Trinajstić information content (AvgIpc) is 2.94. The van der Waals surface area contributed by atoms with E-state index < -0.39 is 0 Å². The van der Waals surface area contributed by atoms with Gasteiger partial charge in [0.2, 0.25) is 0 Å². The van der Waals surface area contributed by atoms with Crippen LogP contribution < -0.4 is 5.32 Å². The van der Waals surface area contributed by atoms with Crippen LogP contribution in [0.5, 0.6) is 0 Å². The summed E-state index contributed by atoms with van der Waals surface area (Å²) in [4.78, 5) is 0. The lowest BCUT2D eigenvalue weighted by molar-refractivity contribution is 0.536. The van der Waals surface area contributed by atoms with Gasteiger partial charge < -0.3 is 9.88 Å². The van der Waals surface area contributed by atoms with E-state index in [0.29, 0.717) is 11.6 Å². The van der Waals surface area contributed by atoms with Gasteiger partial charge in [-0.05, 0) is 42.3 Å². The van der Waals surface area contributed by atoms with Crippen molar-refractivity contribution in [3.63, 3.8) is 0 Å². The summed E-state index contributed by atoms with van der Waals surface area (Å²) in [7, 11) is 0. The van der Waals surface area contributed by atoms with E-state index >= 15 is 0 Å². The van der Waals surface area contributed by atoms with Crippen molar-refractivity contribution in [3.05, 3.63) is 59.4 Å². The highest BCUT2D eigenvalue weighted by Gasteiger charge is 2.09. The van der Waals surface area contributed by atoms with Crippen LogP contribution in [0.25, 0.3) is 0 Å². The van der Waals surface area contributed by atoms with Gasteiger partial charge in [-0.15, -0.1) is 0 Å². The second-order valence-electron chi connectivity index (χ2n) is 4.94. The lowest BCUT2D eigenvalue weighted by atomic mass is 10.1. The quantitative estimate of drug-likeness (QED) is 0.870. The Morgan fingerprint density at radius 3 is 2.55 bits per heavy atom. The first-order valence-electron chi connectivity index (χ1n) is 7.15. The van der Waals surface area contributed by atoms with Crippen molar-refractivity contribution in [2.24, 2.45) is 0 Å². The molecule has 1 unspecified atom stereocenters. The lowest BCUT2D eigenvalue weighted by Crippen LogP contribution is -2.19. The van der Waals surface area contributed by atoms with Crippen molar-refractivity contribution in [3.8, 4) is 6.07 Å². The van der Waals surface area contributed by atoms with Gasteiger partial charge in [0.15, 0.2) is 0 Å². The molecule has 0 bridgehead atoms. The Morgan fingerprint density at radius 2 is 1.95 bits per heavy atom. The minimum atomic E-state index is 0.433. The Labute approximate surface area is 120 Å². The molecule has 0 aliphatic carbocycles. The molecule has 0 radical (unpaired) electrons. The zero-order chi connectivity index (χ0) is 14.4. The van der Waals surface area contributed by atoms with E-state index in [-0.39, 0.29) is 0 Å². The van der Waals surface area contributed by atoms with Crippen LogP contribution in [0, 0.1) is 11.3 Å². The smallest absolute Gasteiger partial charge is 0.0991 e. The first-order valence-corrected chi connectivity index (χ1v) is 7.15. The molecule has 0 aliphatic heterocycles. The van der Waals surface area contributed by atoms with Crippen molar-refractivity contribution < 1.29 is 0 Å². The van der Waals surface area contributed by atoms with Crippen molar-refractivity contribution in [1.29, 1.82) is 5.26 Å². The zero-order valence-electron chi connectivity index (χ0n) is 12.1. The molecule has 0 saturated carbocycles. The van der Waals surface area contributed by atoms with Crippen LogP contribution in [0.15, 0.2) is 42.7 Å². The lowest BCUT2D eigenvalue weighted by Gasteiger charge is -2.14. The summed E-state index contributed by atoms with van der Waals surface area (Å²) in [6.45, 7) is 6.16. The van der Waals surface area contributed by atoms with E-state index in [1.165, 1.54) is 11.1 Å². The van der Waals surface area contributed by atoms with Crippen LogP contribution in [0.3, 0.4) is 0 Å². The van der Waals surface area contributed by atoms with Gasteiger partial charge in [0, 0.05) is 25.0 Å². The molecular weight excluding hydrogens is 246 g/mol. The molecule has 0 aliphatic rings. The third-order valence-corrected chi connectivity index (χ3v) is 3.48. The topological polar surface area (TPSA) is 40.8 Å². The monoisotopic (exact) mass is 267 g/mol. The molecule has 0 saturated heterocycles. The van der Waals surface area contributed by atoms with Crippen LogP contribution in [0.2, 0.25) is 0 Å². The predicted molar refractivity (Wildman–Crippen MR) is 81.4 cm³/mol. The number of nitrogens with one attached hydrogen (secondary N) is 1. The fourth-order valence-electron chi connectivity index (χ4n) is 2.40. The van der Waals surface area contributed by atoms with Gasteiger partial charge in [0.1, 0.15) is 0 Å². The molecule has 2 rings (SSSR count). The van der Waals surface area contributed by atoms with Gasteiger partial charge in [-0.25, -0.2) is 0 Å². The molecule has 1 heterocycles. The van der Waals surface area contributed by atoms with E-state index in [4.69, 9.17) is 5.26 Å². The van der Waals surface area contributed by atoms with E-state index in [2.05, 4.69) is 48.3 Å². The Hall–Kier alpha value is -2.05. The van der Waals surface area contributed by atoms with Crippen LogP contribution in [-0.2, 0) is 6.54 Å². The van der Waals surface area contributed by atoms with Crippen LogP contribution >= 0.6 is 0 Å². The molecular formula is C17H21N3. The summed E-state index contributed by atoms with van der Waals surface area (Å²) in [5.74, 6) is 0. The number of nitriles is 1. The molecule has 0 fully saturated rings. The molecule has 2 aromatic rings. The molecule has 3 nitrogen and oxygen atoms in total. The minimum Gasteiger partial charge on any atom is -0.350 e. The third-order valence-electron chi connectivity index (χ3n) is 3.48.